The zero-order valence-corrected chi connectivity index (χ0v) is 21.0. The second kappa shape index (κ2) is 11.6. The molecule has 2 aromatic rings. The molecule has 1 unspecified atom stereocenters. The highest BCUT2D eigenvalue weighted by Crippen LogP contribution is 2.40. The van der Waals surface area contributed by atoms with Gasteiger partial charge in [-0.25, -0.2) is 0 Å². The quantitative estimate of drug-likeness (QED) is 0.373. The summed E-state index contributed by atoms with van der Waals surface area (Å²) >= 11 is 0. The smallest absolute Gasteiger partial charge is 0.240 e. The van der Waals surface area contributed by atoms with Crippen molar-refractivity contribution in [2.75, 3.05) is 40.5 Å². The van der Waals surface area contributed by atoms with Crippen molar-refractivity contribution in [2.45, 2.75) is 43.6 Å². The summed E-state index contributed by atoms with van der Waals surface area (Å²) in [5.74, 6) is 0.723. The number of nitrogens with zero attached hydrogens (tertiary/aromatic N) is 2. The highest BCUT2D eigenvalue weighted by atomic mass is 16.5. The van der Waals surface area contributed by atoms with Crippen LogP contribution in [0.3, 0.4) is 0 Å². The highest BCUT2D eigenvalue weighted by molar-refractivity contribution is 6.10. The van der Waals surface area contributed by atoms with E-state index in [2.05, 4.69) is 0 Å². The Morgan fingerprint density at radius 2 is 1.64 bits per heavy atom. The van der Waals surface area contributed by atoms with Crippen molar-refractivity contribution in [2.24, 2.45) is 0 Å². The third-order valence-electron chi connectivity index (χ3n) is 7.08. The first-order chi connectivity index (χ1) is 17.5. The van der Waals surface area contributed by atoms with Crippen LogP contribution < -0.4 is 9.47 Å². The SMILES string of the molecule is COCCCN1C(=O)CC(CC(=O)N2CCC(Oc3ccccc3OC)CC2)(c2ccccc2)C1=O. The van der Waals surface area contributed by atoms with Crippen LogP contribution in [-0.4, -0.2) is 74.1 Å². The van der Waals surface area contributed by atoms with Crippen molar-refractivity contribution in [3.63, 3.8) is 0 Å². The molecular formula is C28H34N2O6. The predicted molar refractivity (Wildman–Crippen MR) is 134 cm³/mol. The minimum absolute atomic E-state index is 0.00193. The molecule has 2 fully saturated rings. The second-order valence-corrected chi connectivity index (χ2v) is 9.35. The van der Waals surface area contributed by atoms with Gasteiger partial charge in [0.05, 0.1) is 12.5 Å². The van der Waals surface area contributed by atoms with Gasteiger partial charge in [0, 0.05) is 59.0 Å². The zero-order valence-electron chi connectivity index (χ0n) is 21.0. The molecule has 0 radical (unpaired) electrons. The Morgan fingerprint density at radius 1 is 0.972 bits per heavy atom. The molecule has 2 saturated heterocycles. The molecule has 36 heavy (non-hydrogen) atoms. The van der Waals surface area contributed by atoms with Gasteiger partial charge in [-0.2, -0.15) is 0 Å². The summed E-state index contributed by atoms with van der Waals surface area (Å²) in [6, 6.07) is 16.7. The number of hydrogen-bond acceptors (Lipinski definition) is 6. The lowest BCUT2D eigenvalue weighted by atomic mass is 9.75. The van der Waals surface area contributed by atoms with Gasteiger partial charge in [-0.15, -0.1) is 0 Å². The fourth-order valence-electron chi connectivity index (χ4n) is 5.11. The Kier molecular flexibility index (Phi) is 8.25. The largest absolute Gasteiger partial charge is 0.493 e. The summed E-state index contributed by atoms with van der Waals surface area (Å²) in [6.45, 7) is 1.81. The summed E-state index contributed by atoms with van der Waals surface area (Å²) < 4.78 is 16.6. The number of imide groups is 1. The van der Waals surface area contributed by atoms with Gasteiger partial charge in [0.25, 0.3) is 0 Å². The molecular weight excluding hydrogens is 460 g/mol. The molecule has 192 valence electrons. The fraction of sp³-hybridized carbons (Fsp3) is 0.464. The van der Waals surface area contributed by atoms with Crippen LogP contribution in [0.25, 0.3) is 0 Å². The van der Waals surface area contributed by atoms with Crippen molar-refractivity contribution in [3.05, 3.63) is 60.2 Å². The maximum Gasteiger partial charge on any atom is 0.240 e. The number of hydrogen-bond donors (Lipinski definition) is 0. The van der Waals surface area contributed by atoms with Crippen molar-refractivity contribution >= 4 is 17.7 Å². The third-order valence-corrected chi connectivity index (χ3v) is 7.08. The number of rotatable bonds is 10. The van der Waals surface area contributed by atoms with Crippen LogP contribution in [0.5, 0.6) is 11.5 Å². The number of carbonyl (C=O) groups excluding carboxylic acids is 3. The molecule has 2 aromatic carbocycles. The number of methoxy groups -OCH3 is 2. The number of amides is 3. The number of likely N-dealkylation sites (tertiary alicyclic amines) is 2. The van der Waals surface area contributed by atoms with Gasteiger partial charge in [-0.3, -0.25) is 19.3 Å². The fourth-order valence-corrected chi connectivity index (χ4v) is 5.11. The molecule has 0 saturated carbocycles. The second-order valence-electron chi connectivity index (χ2n) is 9.35. The van der Waals surface area contributed by atoms with Gasteiger partial charge in [0.15, 0.2) is 11.5 Å². The maximum absolute atomic E-state index is 13.6. The normalized spacial score (nSPS) is 20.6. The number of carbonyl (C=O) groups is 3. The molecule has 0 bridgehead atoms. The lowest BCUT2D eigenvalue weighted by Crippen LogP contribution is -2.46. The summed E-state index contributed by atoms with van der Waals surface area (Å²) in [5, 5.41) is 0. The molecule has 2 aliphatic heterocycles. The average Bonchev–Trinajstić information content (AvgIpc) is 3.15. The lowest BCUT2D eigenvalue weighted by Gasteiger charge is -2.35. The Morgan fingerprint density at radius 3 is 2.31 bits per heavy atom. The summed E-state index contributed by atoms with van der Waals surface area (Å²) in [4.78, 5) is 43.1. The van der Waals surface area contributed by atoms with E-state index in [9.17, 15) is 14.4 Å². The van der Waals surface area contributed by atoms with E-state index < -0.39 is 5.41 Å². The first-order valence-corrected chi connectivity index (χ1v) is 12.4. The van der Waals surface area contributed by atoms with Crippen molar-refractivity contribution in [1.82, 2.24) is 9.80 Å². The molecule has 8 nitrogen and oxygen atoms in total. The van der Waals surface area contributed by atoms with Crippen molar-refractivity contribution in [3.8, 4) is 11.5 Å². The molecule has 0 aliphatic carbocycles. The Balaban J connectivity index is 1.44. The number of ether oxygens (including phenoxy) is 3. The van der Waals surface area contributed by atoms with Crippen LogP contribution in [0, 0.1) is 0 Å². The zero-order chi connectivity index (χ0) is 25.5. The van der Waals surface area contributed by atoms with Gasteiger partial charge >= 0.3 is 0 Å². The van der Waals surface area contributed by atoms with E-state index in [1.165, 1.54) is 4.90 Å². The van der Waals surface area contributed by atoms with E-state index in [4.69, 9.17) is 14.2 Å². The monoisotopic (exact) mass is 494 g/mol. The molecule has 2 aliphatic rings. The molecule has 0 N–H and O–H groups in total. The van der Waals surface area contributed by atoms with E-state index in [1.807, 2.05) is 54.6 Å². The van der Waals surface area contributed by atoms with E-state index in [1.54, 1.807) is 19.1 Å². The topological polar surface area (TPSA) is 85.4 Å². The lowest BCUT2D eigenvalue weighted by molar-refractivity contribution is -0.143. The molecule has 3 amide bonds. The molecule has 0 aromatic heterocycles. The summed E-state index contributed by atoms with van der Waals surface area (Å²) in [7, 11) is 3.20. The molecule has 1 atom stereocenters. The molecule has 2 heterocycles. The minimum Gasteiger partial charge on any atom is -0.493 e. The average molecular weight is 495 g/mol. The number of benzene rings is 2. The van der Waals surface area contributed by atoms with Gasteiger partial charge < -0.3 is 19.1 Å². The van der Waals surface area contributed by atoms with Crippen LogP contribution >= 0.6 is 0 Å². The summed E-state index contributed by atoms with van der Waals surface area (Å²) in [5.41, 5.74) is -0.465. The summed E-state index contributed by atoms with van der Waals surface area (Å²) in [6.07, 6.45) is 1.87. The third kappa shape index (κ3) is 5.38. The number of para-hydroxylation sites is 2. The Hall–Kier alpha value is -3.39. The van der Waals surface area contributed by atoms with Crippen molar-refractivity contribution < 1.29 is 28.6 Å². The molecule has 4 rings (SSSR count). The Bertz CT molecular complexity index is 1070. The Labute approximate surface area is 212 Å². The van der Waals surface area contributed by atoms with Crippen LogP contribution in [0.15, 0.2) is 54.6 Å². The van der Waals surface area contributed by atoms with Gasteiger partial charge in [-0.1, -0.05) is 42.5 Å². The van der Waals surface area contributed by atoms with Gasteiger partial charge in [0.2, 0.25) is 17.7 Å². The first kappa shape index (κ1) is 25.7. The standard InChI is InChI=1S/C28H34N2O6/c1-34-18-8-15-30-26(32)20-28(27(30)33,21-9-4-3-5-10-21)19-25(31)29-16-13-22(14-17-29)36-24-12-7-6-11-23(24)35-2/h3-7,9-12,22H,8,13-20H2,1-2H3. The van der Waals surface area contributed by atoms with Crippen molar-refractivity contribution in [1.29, 1.82) is 0 Å². The minimum atomic E-state index is -1.17. The van der Waals surface area contributed by atoms with Crippen LogP contribution in [0.4, 0.5) is 0 Å². The van der Waals surface area contributed by atoms with Crippen LogP contribution in [-0.2, 0) is 24.5 Å². The molecule has 0 spiro atoms. The predicted octanol–water partition coefficient (Wildman–Crippen LogP) is 3.19. The maximum atomic E-state index is 13.6. The van der Waals surface area contributed by atoms with Crippen LogP contribution in [0.2, 0.25) is 0 Å². The number of piperidine rings is 1. The van der Waals surface area contributed by atoms with E-state index in [0.717, 1.165) is 0 Å². The van der Waals surface area contributed by atoms with E-state index in [-0.39, 0.29) is 36.7 Å². The van der Waals surface area contributed by atoms with E-state index >= 15 is 0 Å². The van der Waals surface area contributed by atoms with E-state index in [0.29, 0.717) is 62.6 Å². The van der Waals surface area contributed by atoms with Gasteiger partial charge in [0.1, 0.15) is 6.10 Å². The highest BCUT2D eigenvalue weighted by Gasteiger charge is 2.54. The first-order valence-electron chi connectivity index (χ1n) is 12.4. The molecule has 8 heteroatoms. The van der Waals surface area contributed by atoms with Crippen LogP contribution in [0.1, 0.15) is 37.7 Å². The van der Waals surface area contributed by atoms with Gasteiger partial charge in [-0.05, 0) is 24.1 Å².